The number of hydrogen-bond donors (Lipinski definition) is 0. The molecule has 1 amide bonds. The van der Waals surface area contributed by atoms with E-state index in [0.717, 1.165) is 5.56 Å². The van der Waals surface area contributed by atoms with E-state index >= 15 is 0 Å². The summed E-state index contributed by atoms with van der Waals surface area (Å²) >= 11 is 12.9. The van der Waals surface area contributed by atoms with Crippen LogP contribution in [0.3, 0.4) is 0 Å². The maximum Gasteiger partial charge on any atom is 0.252 e. The zero-order valence-electron chi connectivity index (χ0n) is 14.9. The second-order valence-corrected chi connectivity index (χ2v) is 11.1. The second kappa shape index (κ2) is 7.91. The maximum atomic E-state index is 14.0. The van der Waals surface area contributed by atoms with E-state index in [1.54, 1.807) is 35.2 Å². The van der Waals surface area contributed by atoms with Crippen LogP contribution in [-0.2, 0) is 21.1 Å². The first kappa shape index (κ1) is 20.7. The van der Waals surface area contributed by atoms with Crippen molar-refractivity contribution < 1.29 is 17.6 Å². The van der Waals surface area contributed by atoms with Crippen LogP contribution in [0.4, 0.5) is 10.1 Å². The van der Waals surface area contributed by atoms with Crippen LogP contribution in [0.2, 0.25) is 10.0 Å². The second-order valence-electron chi connectivity index (χ2n) is 6.86. The zero-order valence-corrected chi connectivity index (χ0v) is 18.0. The number of thioether (sulfide) groups is 1. The number of sulfone groups is 1. The lowest BCUT2D eigenvalue weighted by molar-refractivity contribution is -0.117. The number of hydrogen-bond acceptors (Lipinski definition) is 4. The Labute approximate surface area is 181 Å². The molecular formula is C19H15Cl2FN2O3S2. The van der Waals surface area contributed by atoms with Crippen molar-refractivity contribution in [3.05, 3.63) is 63.9 Å². The highest BCUT2D eigenvalue weighted by Crippen LogP contribution is 2.41. The highest BCUT2D eigenvalue weighted by Gasteiger charge is 2.49. The Hall–Kier alpha value is -1.61. The minimum atomic E-state index is -3.20. The lowest BCUT2D eigenvalue weighted by atomic mass is 10.1. The highest BCUT2D eigenvalue weighted by atomic mass is 35.5. The molecule has 0 bridgehead atoms. The summed E-state index contributed by atoms with van der Waals surface area (Å²) in [6, 6.07) is 10.7. The molecule has 4 rings (SSSR count). The molecule has 2 unspecified atom stereocenters. The number of fused-ring (bicyclic) bond motifs is 1. The smallest absolute Gasteiger partial charge is 0.252 e. The number of nitrogens with zero attached hydrogens (tertiary/aromatic N) is 2. The first-order chi connectivity index (χ1) is 13.7. The average Bonchev–Trinajstić information content (AvgIpc) is 3.10. The molecule has 2 heterocycles. The third kappa shape index (κ3) is 4.45. The molecular weight excluding hydrogens is 458 g/mol. The van der Waals surface area contributed by atoms with E-state index in [9.17, 15) is 17.6 Å². The van der Waals surface area contributed by atoms with Crippen molar-refractivity contribution in [1.82, 2.24) is 0 Å². The molecule has 2 aliphatic rings. The highest BCUT2D eigenvalue weighted by molar-refractivity contribution is 8.16. The summed E-state index contributed by atoms with van der Waals surface area (Å²) in [5.74, 6) is -1.07. The van der Waals surface area contributed by atoms with Gasteiger partial charge in [0.2, 0.25) is 0 Å². The van der Waals surface area contributed by atoms with Gasteiger partial charge in [-0.15, -0.1) is 0 Å². The van der Waals surface area contributed by atoms with Gasteiger partial charge in [0.1, 0.15) is 5.82 Å². The molecule has 0 saturated carbocycles. The molecule has 2 aromatic rings. The molecule has 0 radical (unpaired) electrons. The molecule has 5 nitrogen and oxygen atoms in total. The van der Waals surface area contributed by atoms with Crippen LogP contribution in [0, 0.1) is 5.82 Å². The van der Waals surface area contributed by atoms with Gasteiger partial charge in [-0.2, -0.15) is 4.99 Å². The number of benzene rings is 2. The Morgan fingerprint density at radius 1 is 1.17 bits per heavy atom. The Morgan fingerprint density at radius 3 is 2.59 bits per heavy atom. The zero-order chi connectivity index (χ0) is 20.8. The van der Waals surface area contributed by atoms with Crippen molar-refractivity contribution in [3.63, 3.8) is 0 Å². The Morgan fingerprint density at radius 2 is 1.90 bits per heavy atom. The topological polar surface area (TPSA) is 66.8 Å². The van der Waals surface area contributed by atoms with E-state index in [4.69, 9.17) is 23.2 Å². The Bertz CT molecular complexity index is 1110. The lowest BCUT2D eigenvalue weighted by Crippen LogP contribution is -2.37. The summed E-state index contributed by atoms with van der Waals surface area (Å²) in [7, 11) is -3.20. The SMILES string of the molecule is O=C(Cc1ccc(Cl)cc1)N=C1SC2CS(=O)(=O)CC2N1c1ccc(Cl)c(F)c1. The molecule has 0 aromatic heterocycles. The number of anilines is 1. The summed E-state index contributed by atoms with van der Waals surface area (Å²) < 4.78 is 38.2. The van der Waals surface area contributed by atoms with Crippen molar-refractivity contribution in [2.75, 3.05) is 16.4 Å². The minimum absolute atomic E-state index is 0.000694. The van der Waals surface area contributed by atoms with Gasteiger partial charge in [-0.25, -0.2) is 12.8 Å². The molecule has 29 heavy (non-hydrogen) atoms. The molecule has 0 aliphatic carbocycles. The van der Waals surface area contributed by atoms with Gasteiger partial charge in [-0.05, 0) is 35.9 Å². The van der Waals surface area contributed by atoms with E-state index in [-0.39, 0.29) is 34.1 Å². The van der Waals surface area contributed by atoms with Gasteiger partial charge in [0.15, 0.2) is 15.0 Å². The van der Waals surface area contributed by atoms with Gasteiger partial charge in [0.25, 0.3) is 5.91 Å². The number of aliphatic imine (C=N–C) groups is 1. The van der Waals surface area contributed by atoms with E-state index in [2.05, 4.69) is 4.99 Å². The Kier molecular flexibility index (Phi) is 5.63. The first-order valence-corrected chi connectivity index (χ1v) is 12.1. The number of amidine groups is 1. The van der Waals surface area contributed by atoms with Crippen LogP contribution in [-0.4, -0.2) is 42.3 Å². The van der Waals surface area contributed by atoms with E-state index in [1.807, 2.05) is 0 Å². The summed E-state index contributed by atoms with van der Waals surface area (Å²) in [5, 5.41) is 0.647. The largest absolute Gasteiger partial charge is 0.315 e. The summed E-state index contributed by atoms with van der Waals surface area (Å²) in [6.45, 7) is 0. The molecule has 0 N–H and O–H groups in total. The molecule has 152 valence electrons. The van der Waals surface area contributed by atoms with Crippen molar-refractivity contribution in [2.45, 2.75) is 17.7 Å². The standard InChI is InChI=1S/C19H15Cl2FN2O3S2/c20-12-3-1-11(2-4-12)7-18(25)23-19-24(13-5-6-14(21)15(22)8-13)16-9-29(26,27)10-17(16)28-19/h1-6,8,16-17H,7,9-10H2. The van der Waals surface area contributed by atoms with E-state index in [0.29, 0.717) is 15.9 Å². The van der Waals surface area contributed by atoms with Gasteiger partial charge >= 0.3 is 0 Å². The van der Waals surface area contributed by atoms with Crippen LogP contribution in [0.15, 0.2) is 47.5 Å². The van der Waals surface area contributed by atoms with Crippen molar-refractivity contribution in [3.8, 4) is 0 Å². The van der Waals surface area contributed by atoms with Crippen molar-refractivity contribution in [1.29, 1.82) is 0 Å². The minimum Gasteiger partial charge on any atom is -0.315 e. The van der Waals surface area contributed by atoms with E-state index < -0.39 is 21.7 Å². The lowest BCUT2D eigenvalue weighted by Gasteiger charge is -2.24. The fourth-order valence-electron chi connectivity index (χ4n) is 3.42. The fraction of sp³-hybridized carbons (Fsp3) is 0.263. The van der Waals surface area contributed by atoms with Gasteiger partial charge in [0.05, 0.1) is 29.0 Å². The monoisotopic (exact) mass is 472 g/mol. The number of rotatable bonds is 3. The van der Waals surface area contributed by atoms with Crippen molar-refractivity contribution in [2.24, 2.45) is 4.99 Å². The fourth-order valence-corrected chi connectivity index (χ4v) is 7.60. The Balaban J connectivity index is 1.65. The number of amides is 1. The van der Waals surface area contributed by atoms with Crippen molar-refractivity contribution >= 4 is 61.6 Å². The third-order valence-corrected chi connectivity index (χ3v) is 8.51. The quantitative estimate of drug-likeness (QED) is 0.675. The number of halogens is 3. The molecule has 2 aliphatic heterocycles. The van der Waals surface area contributed by atoms with Crippen LogP contribution >= 0.6 is 35.0 Å². The molecule has 0 spiro atoms. The predicted molar refractivity (Wildman–Crippen MR) is 115 cm³/mol. The summed E-state index contributed by atoms with van der Waals surface area (Å²) in [5.41, 5.74) is 1.18. The van der Waals surface area contributed by atoms with Gasteiger partial charge < -0.3 is 4.90 Å². The van der Waals surface area contributed by atoms with Crippen LogP contribution in [0.25, 0.3) is 0 Å². The third-order valence-electron chi connectivity index (χ3n) is 4.74. The molecule has 2 aromatic carbocycles. The molecule has 2 saturated heterocycles. The normalized spacial score (nSPS) is 24.1. The van der Waals surface area contributed by atoms with Gasteiger partial charge in [-0.3, -0.25) is 4.79 Å². The number of carbonyl (C=O) groups is 1. The average molecular weight is 473 g/mol. The maximum absolute atomic E-state index is 14.0. The van der Waals surface area contributed by atoms with Gasteiger partial charge in [0, 0.05) is 16.0 Å². The van der Waals surface area contributed by atoms with Gasteiger partial charge in [-0.1, -0.05) is 47.1 Å². The predicted octanol–water partition coefficient (Wildman–Crippen LogP) is 3.98. The molecule has 2 atom stereocenters. The summed E-state index contributed by atoms with van der Waals surface area (Å²) in [4.78, 5) is 18.4. The van der Waals surface area contributed by atoms with Crippen LogP contribution < -0.4 is 4.90 Å². The first-order valence-electron chi connectivity index (χ1n) is 8.69. The van der Waals surface area contributed by atoms with Crippen LogP contribution in [0.5, 0.6) is 0 Å². The number of carbonyl (C=O) groups excluding carboxylic acids is 1. The summed E-state index contributed by atoms with van der Waals surface area (Å²) in [6.07, 6.45) is 0.0810. The van der Waals surface area contributed by atoms with E-state index in [1.165, 1.54) is 23.9 Å². The molecule has 10 heteroatoms. The molecule has 2 fully saturated rings. The van der Waals surface area contributed by atoms with Crippen LogP contribution in [0.1, 0.15) is 5.56 Å².